The van der Waals surface area contributed by atoms with Gasteiger partial charge in [0.1, 0.15) is 0 Å². The quantitative estimate of drug-likeness (QED) is 0.749. The molecule has 0 aromatic heterocycles. The van der Waals surface area contributed by atoms with Gasteiger partial charge in [-0.3, -0.25) is 0 Å². The Morgan fingerprint density at radius 1 is 1.24 bits per heavy atom. The van der Waals surface area contributed by atoms with Gasteiger partial charge >= 0.3 is 6.03 Å². The summed E-state index contributed by atoms with van der Waals surface area (Å²) in [6, 6.07) is 12.5. The lowest BCUT2D eigenvalue weighted by molar-refractivity contribution is 0.255. The number of nitrogen functional groups attached to an aromatic ring is 1. The molecule has 0 bridgehead atoms. The summed E-state index contributed by atoms with van der Waals surface area (Å²) in [5.74, 6) is 0. The number of rotatable bonds is 3. The molecule has 0 aliphatic rings. The van der Waals surface area contributed by atoms with E-state index in [1.165, 1.54) is 6.20 Å². The van der Waals surface area contributed by atoms with Crippen molar-refractivity contribution in [1.29, 1.82) is 0 Å². The molecule has 0 fully saturated rings. The van der Waals surface area contributed by atoms with Gasteiger partial charge in [-0.05, 0) is 42.3 Å². The molecule has 0 saturated heterocycles. The minimum Gasteiger partial charge on any atom is -0.397 e. The van der Waals surface area contributed by atoms with E-state index in [-0.39, 0.29) is 6.03 Å². The summed E-state index contributed by atoms with van der Waals surface area (Å²) < 4.78 is 0. The van der Waals surface area contributed by atoms with Crippen LogP contribution in [-0.2, 0) is 0 Å². The number of amides is 2. The molecule has 0 saturated carbocycles. The maximum absolute atomic E-state index is 11.8. The van der Waals surface area contributed by atoms with Gasteiger partial charge in [0.2, 0.25) is 0 Å². The van der Waals surface area contributed by atoms with Gasteiger partial charge in [-0.15, -0.1) is 0 Å². The summed E-state index contributed by atoms with van der Waals surface area (Å²) in [6.45, 7) is 1.93. The SMILES string of the molecule is Cc1ccc(N)c(NC(=O)N/C=C/c2ccccc2Cl)c1. The van der Waals surface area contributed by atoms with E-state index in [0.717, 1.165) is 11.1 Å². The lowest BCUT2D eigenvalue weighted by Crippen LogP contribution is -2.24. The van der Waals surface area contributed by atoms with Crippen LogP contribution in [0.4, 0.5) is 16.2 Å². The molecule has 0 aliphatic heterocycles. The van der Waals surface area contributed by atoms with Crippen molar-refractivity contribution in [3.8, 4) is 0 Å². The number of carbonyl (C=O) groups excluding carboxylic acids is 1. The van der Waals surface area contributed by atoms with Crippen LogP contribution in [0.15, 0.2) is 48.7 Å². The van der Waals surface area contributed by atoms with E-state index in [0.29, 0.717) is 16.4 Å². The second kappa shape index (κ2) is 6.81. The van der Waals surface area contributed by atoms with Gasteiger partial charge in [-0.1, -0.05) is 35.9 Å². The van der Waals surface area contributed by atoms with Gasteiger partial charge in [-0.25, -0.2) is 4.79 Å². The van der Waals surface area contributed by atoms with Crippen LogP contribution in [0.1, 0.15) is 11.1 Å². The van der Waals surface area contributed by atoms with Crippen molar-refractivity contribution in [3.05, 3.63) is 64.8 Å². The Morgan fingerprint density at radius 2 is 2.00 bits per heavy atom. The van der Waals surface area contributed by atoms with Crippen LogP contribution in [0.25, 0.3) is 6.08 Å². The zero-order chi connectivity index (χ0) is 15.2. The highest BCUT2D eigenvalue weighted by atomic mass is 35.5. The number of hydrogen-bond acceptors (Lipinski definition) is 2. The van der Waals surface area contributed by atoms with E-state index < -0.39 is 0 Å². The third kappa shape index (κ3) is 4.26. The van der Waals surface area contributed by atoms with Crippen molar-refractivity contribution in [2.45, 2.75) is 6.92 Å². The van der Waals surface area contributed by atoms with Crippen LogP contribution in [0.3, 0.4) is 0 Å². The van der Waals surface area contributed by atoms with E-state index in [1.54, 1.807) is 18.2 Å². The van der Waals surface area contributed by atoms with Crippen LogP contribution in [0.5, 0.6) is 0 Å². The minimum absolute atomic E-state index is 0.365. The Bertz CT molecular complexity index is 683. The smallest absolute Gasteiger partial charge is 0.323 e. The van der Waals surface area contributed by atoms with Gasteiger partial charge in [0.15, 0.2) is 0 Å². The van der Waals surface area contributed by atoms with Gasteiger partial charge in [0, 0.05) is 11.2 Å². The van der Waals surface area contributed by atoms with Crippen molar-refractivity contribution in [2.24, 2.45) is 0 Å². The molecular weight excluding hydrogens is 286 g/mol. The maximum atomic E-state index is 11.8. The maximum Gasteiger partial charge on any atom is 0.323 e. The summed E-state index contributed by atoms with van der Waals surface area (Å²) in [5, 5.41) is 5.93. The third-order valence-electron chi connectivity index (χ3n) is 2.84. The van der Waals surface area contributed by atoms with Crippen LogP contribution in [0, 0.1) is 6.92 Å². The van der Waals surface area contributed by atoms with Crippen LogP contribution >= 0.6 is 11.6 Å². The van der Waals surface area contributed by atoms with Gasteiger partial charge in [0.05, 0.1) is 11.4 Å². The molecule has 2 rings (SSSR count). The monoisotopic (exact) mass is 301 g/mol. The summed E-state index contributed by atoms with van der Waals surface area (Å²) in [7, 11) is 0. The highest BCUT2D eigenvalue weighted by Crippen LogP contribution is 2.19. The normalized spacial score (nSPS) is 10.6. The Balaban J connectivity index is 1.96. The predicted octanol–water partition coefficient (Wildman–Crippen LogP) is 4.02. The molecule has 2 aromatic rings. The molecule has 4 nitrogen and oxygen atoms in total. The summed E-state index contributed by atoms with van der Waals surface area (Å²) in [5.41, 5.74) is 8.75. The largest absolute Gasteiger partial charge is 0.397 e. The number of carbonyl (C=O) groups is 1. The minimum atomic E-state index is -0.365. The first kappa shape index (κ1) is 14.9. The average molecular weight is 302 g/mol. The van der Waals surface area contributed by atoms with Crippen molar-refractivity contribution in [3.63, 3.8) is 0 Å². The number of urea groups is 1. The lowest BCUT2D eigenvalue weighted by atomic mass is 10.2. The number of halogens is 1. The fourth-order valence-corrected chi connectivity index (χ4v) is 1.95. The third-order valence-corrected chi connectivity index (χ3v) is 3.18. The average Bonchev–Trinajstić information content (AvgIpc) is 2.45. The molecule has 2 aromatic carbocycles. The highest BCUT2D eigenvalue weighted by Gasteiger charge is 2.03. The van der Waals surface area contributed by atoms with E-state index >= 15 is 0 Å². The lowest BCUT2D eigenvalue weighted by Gasteiger charge is -2.08. The number of anilines is 2. The fourth-order valence-electron chi connectivity index (χ4n) is 1.75. The van der Waals surface area contributed by atoms with Crippen molar-refractivity contribution in [1.82, 2.24) is 5.32 Å². The van der Waals surface area contributed by atoms with Crippen molar-refractivity contribution >= 4 is 35.1 Å². The predicted molar refractivity (Wildman–Crippen MR) is 88.2 cm³/mol. The Morgan fingerprint density at radius 3 is 2.76 bits per heavy atom. The summed E-state index contributed by atoms with van der Waals surface area (Å²) >= 11 is 6.01. The van der Waals surface area contributed by atoms with Gasteiger partial charge in [0.25, 0.3) is 0 Å². The summed E-state index contributed by atoms with van der Waals surface area (Å²) in [4.78, 5) is 11.8. The molecule has 0 atom stereocenters. The molecule has 0 radical (unpaired) electrons. The number of benzene rings is 2. The molecule has 2 amide bonds. The number of nitrogens with one attached hydrogen (secondary N) is 2. The van der Waals surface area contributed by atoms with Gasteiger partial charge in [-0.2, -0.15) is 0 Å². The van der Waals surface area contributed by atoms with E-state index in [9.17, 15) is 4.79 Å². The zero-order valence-electron chi connectivity index (χ0n) is 11.6. The number of aryl methyl sites for hydroxylation is 1. The first-order chi connectivity index (χ1) is 10.1. The molecule has 0 heterocycles. The molecule has 108 valence electrons. The molecule has 5 heteroatoms. The van der Waals surface area contributed by atoms with Crippen molar-refractivity contribution < 1.29 is 4.79 Å². The molecule has 21 heavy (non-hydrogen) atoms. The van der Waals surface area contributed by atoms with Crippen LogP contribution in [-0.4, -0.2) is 6.03 Å². The Kier molecular flexibility index (Phi) is 4.85. The van der Waals surface area contributed by atoms with Crippen LogP contribution in [0.2, 0.25) is 5.02 Å². The van der Waals surface area contributed by atoms with Crippen LogP contribution < -0.4 is 16.4 Å². The summed E-state index contributed by atoms with van der Waals surface area (Å²) in [6.07, 6.45) is 3.25. The van der Waals surface area contributed by atoms with E-state index in [1.807, 2.05) is 37.3 Å². The second-order valence-corrected chi connectivity index (χ2v) is 4.95. The second-order valence-electron chi connectivity index (χ2n) is 4.54. The zero-order valence-corrected chi connectivity index (χ0v) is 12.3. The number of hydrogen-bond donors (Lipinski definition) is 3. The molecule has 0 aliphatic carbocycles. The first-order valence-electron chi connectivity index (χ1n) is 6.41. The topological polar surface area (TPSA) is 67.1 Å². The molecule has 0 unspecified atom stereocenters. The van der Waals surface area contributed by atoms with E-state index in [4.69, 9.17) is 17.3 Å². The van der Waals surface area contributed by atoms with Gasteiger partial charge < -0.3 is 16.4 Å². The Hall–Kier alpha value is -2.46. The number of nitrogens with two attached hydrogens (primary N) is 1. The van der Waals surface area contributed by atoms with Crippen molar-refractivity contribution in [2.75, 3.05) is 11.1 Å². The molecule has 4 N–H and O–H groups in total. The standard InChI is InChI=1S/C16H16ClN3O/c1-11-6-7-14(18)15(10-11)20-16(21)19-9-8-12-4-2-3-5-13(12)17/h2-10H,18H2,1H3,(H2,19,20,21)/b9-8+. The molecule has 0 spiro atoms. The highest BCUT2D eigenvalue weighted by molar-refractivity contribution is 6.32. The first-order valence-corrected chi connectivity index (χ1v) is 6.79. The Labute approximate surface area is 128 Å². The molecular formula is C16H16ClN3O. The van der Waals surface area contributed by atoms with E-state index in [2.05, 4.69) is 10.6 Å². The fraction of sp³-hybridized carbons (Fsp3) is 0.0625.